The molecule has 0 saturated heterocycles. The summed E-state index contributed by atoms with van der Waals surface area (Å²) in [6.45, 7) is 2.17. The molecule has 0 aliphatic rings. The molecule has 3 nitrogen and oxygen atoms in total. The Bertz CT molecular complexity index is 379. The van der Waals surface area contributed by atoms with Gasteiger partial charge in [0, 0.05) is 24.5 Å². The number of hydrogen-bond donors (Lipinski definition) is 3. The SMILES string of the molecule is CC(CO)CNc1ccc(N)c(C(F)(F)F)c1. The smallest absolute Gasteiger partial charge is 0.398 e. The van der Waals surface area contributed by atoms with Crippen molar-refractivity contribution in [2.45, 2.75) is 13.1 Å². The van der Waals surface area contributed by atoms with Crippen LogP contribution in [0.3, 0.4) is 0 Å². The van der Waals surface area contributed by atoms with Crippen molar-refractivity contribution in [3.63, 3.8) is 0 Å². The second kappa shape index (κ2) is 5.27. The molecule has 1 unspecified atom stereocenters. The van der Waals surface area contributed by atoms with Gasteiger partial charge < -0.3 is 16.2 Å². The van der Waals surface area contributed by atoms with Gasteiger partial charge in [-0.2, -0.15) is 13.2 Å². The zero-order valence-electron chi connectivity index (χ0n) is 9.38. The Kier molecular flexibility index (Phi) is 4.22. The lowest BCUT2D eigenvalue weighted by atomic mass is 10.1. The fourth-order valence-corrected chi connectivity index (χ4v) is 1.27. The summed E-state index contributed by atoms with van der Waals surface area (Å²) in [6, 6.07) is 3.67. The van der Waals surface area contributed by atoms with Gasteiger partial charge in [0.25, 0.3) is 0 Å². The lowest BCUT2D eigenvalue weighted by Gasteiger charge is -2.14. The van der Waals surface area contributed by atoms with Gasteiger partial charge in [0.05, 0.1) is 5.56 Å². The first kappa shape index (κ1) is 13.6. The van der Waals surface area contributed by atoms with Crippen LogP contribution < -0.4 is 11.1 Å². The third kappa shape index (κ3) is 3.81. The molecule has 0 heterocycles. The molecule has 0 aliphatic heterocycles. The first-order valence-electron chi connectivity index (χ1n) is 5.16. The third-order valence-corrected chi connectivity index (χ3v) is 2.33. The molecule has 0 aromatic heterocycles. The van der Waals surface area contributed by atoms with E-state index in [4.69, 9.17) is 10.8 Å². The summed E-state index contributed by atoms with van der Waals surface area (Å²) in [6.07, 6.45) is -4.45. The number of aliphatic hydroxyl groups excluding tert-OH is 1. The van der Waals surface area contributed by atoms with Crippen LogP contribution in [0.15, 0.2) is 18.2 Å². The van der Waals surface area contributed by atoms with Gasteiger partial charge >= 0.3 is 6.18 Å². The topological polar surface area (TPSA) is 58.3 Å². The van der Waals surface area contributed by atoms with Crippen molar-refractivity contribution in [2.24, 2.45) is 5.92 Å². The quantitative estimate of drug-likeness (QED) is 0.717. The molecule has 1 aromatic carbocycles. The number of nitrogen functional groups attached to an aromatic ring is 1. The number of benzene rings is 1. The standard InChI is InChI=1S/C11H15F3N2O/c1-7(6-17)5-16-8-2-3-10(15)9(4-8)11(12,13)14/h2-4,7,16-17H,5-6,15H2,1H3. The Morgan fingerprint density at radius 1 is 1.41 bits per heavy atom. The minimum Gasteiger partial charge on any atom is -0.398 e. The van der Waals surface area contributed by atoms with E-state index in [1.54, 1.807) is 6.92 Å². The van der Waals surface area contributed by atoms with Gasteiger partial charge in [0.15, 0.2) is 0 Å². The molecule has 1 aromatic rings. The highest BCUT2D eigenvalue weighted by molar-refractivity contribution is 5.58. The van der Waals surface area contributed by atoms with Gasteiger partial charge in [-0.05, 0) is 24.1 Å². The average molecular weight is 248 g/mol. The summed E-state index contributed by atoms with van der Waals surface area (Å²) < 4.78 is 37.6. The van der Waals surface area contributed by atoms with Crippen molar-refractivity contribution in [3.05, 3.63) is 23.8 Å². The second-order valence-corrected chi connectivity index (χ2v) is 3.97. The molecule has 0 radical (unpaired) electrons. The van der Waals surface area contributed by atoms with E-state index in [1.807, 2.05) is 0 Å². The Hall–Kier alpha value is -1.43. The number of nitrogens with two attached hydrogens (primary N) is 1. The van der Waals surface area contributed by atoms with Gasteiger partial charge in [-0.15, -0.1) is 0 Å². The second-order valence-electron chi connectivity index (χ2n) is 3.97. The van der Waals surface area contributed by atoms with Crippen LogP contribution in [0.5, 0.6) is 0 Å². The molecule has 96 valence electrons. The van der Waals surface area contributed by atoms with Gasteiger partial charge in [-0.3, -0.25) is 0 Å². The molecular weight excluding hydrogens is 233 g/mol. The molecule has 0 bridgehead atoms. The first-order valence-corrected chi connectivity index (χ1v) is 5.16. The first-order chi connectivity index (χ1) is 7.84. The van der Waals surface area contributed by atoms with Gasteiger partial charge in [0.2, 0.25) is 0 Å². The summed E-state index contributed by atoms with van der Waals surface area (Å²) in [7, 11) is 0. The van der Waals surface area contributed by atoms with Crippen LogP contribution in [-0.4, -0.2) is 18.3 Å². The predicted octanol–water partition coefficient (Wildman–Crippen LogP) is 2.33. The molecule has 0 spiro atoms. The van der Waals surface area contributed by atoms with Crippen molar-refractivity contribution < 1.29 is 18.3 Å². The van der Waals surface area contributed by atoms with Gasteiger partial charge in [0.1, 0.15) is 0 Å². The monoisotopic (exact) mass is 248 g/mol. The summed E-state index contributed by atoms with van der Waals surface area (Å²) in [5.41, 5.74) is 4.47. The van der Waals surface area contributed by atoms with E-state index in [0.717, 1.165) is 6.07 Å². The Labute approximate surface area is 97.4 Å². The normalized spacial score (nSPS) is 13.5. The molecule has 0 fully saturated rings. The Balaban J connectivity index is 2.82. The Morgan fingerprint density at radius 3 is 2.59 bits per heavy atom. The van der Waals surface area contributed by atoms with Crippen LogP contribution in [0.1, 0.15) is 12.5 Å². The molecule has 1 rings (SSSR count). The van der Waals surface area contributed by atoms with Crippen molar-refractivity contribution in [2.75, 3.05) is 24.2 Å². The van der Waals surface area contributed by atoms with E-state index in [1.165, 1.54) is 12.1 Å². The number of hydrogen-bond acceptors (Lipinski definition) is 3. The largest absolute Gasteiger partial charge is 0.418 e. The zero-order valence-corrected chi connectivity index (χ0v) is 9.38. The number of anilines is 2. The highest BCUT2D eigenvalue weighted by Crippen LogP contribution is 2.35. The molecular formula is C11H15F3N2O. The maximum Gasteiger partial charge on any atom is 0.418 e. The average Bonchev–Trinajstić information content (AvgIpc) is 2.26. The molecule has 0 aliphatic carbocycles. The van der Waals surface area contributed by atoms with Crippen molar-refractivity contribution in [3.8, 4) is 0 Å². The summed E-state index contributed by atoms with van der Waals surface area (Å²) in [5.74, 6) is -0.0260. The van der Waals surface area contributed by atoms with Crippen LogP contribution in [-0.2, 0) is 6.18 Å². The molecule has 6 heteroatoms. The fourth-order valence-electron chi connectivity index (χ4n) is 1.27. The van der Waals surface area contributed by atoms with Gasteiger partial charge in [-0.25, -0.2) is 0 Å². The van der Waals surface area contributed by atoms with Crippen LogP contribution in [0.2, 0.25) is 0 Å². The third-order valence-electron chi connectivity index (χ3n) is 2.33. The molecule has 0 amide bonds. The number of halogens is 3. The maximum atomic E-state index is 12.5. The lowest BCUT2D eigenvalue weighted by molar-refractivity contribution is -0.136. The van der Waals surface area contributed by atoms with Crippen LogP contribution in [0.25, 0.3) is 0 Å². The van der Waals surface area contributed by atoms with E-state index in [0.29, 0.717) is 12.2 Å². The number of rotatable bonds is 4. The highest BCUT2D eigenvalue weighted by Gasteiger charge is 2.33. The van der Waals surface area contributed by atoms with E-state index in [9.17, 15) is 13.2 Å². The maximum absolute atomic E-state index is 12.5. The van der Waals surface area contributed by atoms with E-state index in [-0.39, 0.29) is 18.2 Å². The van der Waals surface area contributed by atoms with E-state index < -0.39 is 11.7 Å². The molecule has 1 atom stereocenters. The van der Waals surface area contributed by atoms with E-state index >= 15 is 0 Å². The van der Waals surface area contributed by atoms with Crippen LogP contribution in [0, 0.1) is 5.92 Å². The number of alkyl halides is 3. The molecule has 4 N–H and O–H groups in total. The van der Waals surface area contributed by atoms with Crippen molar-refractivity contribution >= 4 is 11.4 Å². The summed E-state index contributed by atoms with van der Waals surface area (Å²) in [4.78, 5) is 0. The number of nitrogens with one attached hydrogen (secondary N) is 1. The summed E-state index contributed by atoms with van der Waals surface area (Å²) >= 11 is 0. The fraction of sp³-hybridized carbons (Fsp3) is 0.455. The lowest BCUT2D eigenvalue weighted by Crippen LogP contribution is -2.15. The summed E-state index contributed by atoms with van der Waals surface area (Å²) in [5, 5.41) is 11.6. The van der Waals surface area contributed by atoms with E-state index in [2.05, 4.69) is 5.32 Å². The van der Waals surface area contributed by atoms with Crippen molar-refractivity contribution in [1.29, 1.82) is 0 Å². The highest BCUT2D eigenvalue weighted by atomic mass is 19.4. The zero-order chi connectivity index (χ0) is 13.1. The minimum atomic E-state index is -4.45. The molecule has 17 heavy (non-hydrogen) atoms. The minimum absolute atomic E-state index is 0.0197. The van der Waals surface area contributed by atoms with Gasteiger partial charge in [-0.1, -0.05) is 6.92 Å². The molecule has 0 saturated carbocycles. The van der Waals surface area contributed by atoms with Crippen LogP contribution in [0.4, 0.5) is 24.5 Å². The Morgan fingerprint density at radius 2 is 2.06 bits per heavy atom. The van der Waals surface area contributed by atoms with Crippen molar-refractivity contribution in [1.82, 2.24) is 0 Å². The predicted molar refractivity (Wildman–Crippen MR) is 60.6 cm³/mol. The number of aliphatic hydroxyl groups is 1. The van der Waals surface area contributed by atoms with Crippen LogP contribution >= 0.6 is 0 Å².